The molecule has 0 bridgehead atoms. The fourth-order valence-electron chi connectivity index (χ4n) is 0.716. The minimum Gasteiger partial charge on any atom is -0.425 e. The van der Waals surface area contributed by atoms with Crippen molar-refractivity contribution in [3.8, 4) is 5.75 Å². The molecule has 0 spiro atoms. The van der Waals surface area contributed by atoms with Crippen LogP contribution < -0.4 is 10.5 Å². The predicted octanol–water partition coefficient (Wildman–Crippen LogP) is 0.659. The Bertz CT molecular complexity index is 266. The molecule has 0 fully saturated rings. The molecule has 63 valence electrons. The summed E-state index contributed by atoms with van der Waals surface area (Å²) in [5, 5.41) is 0. The highest BCUT2D eigenvalue weighted by atomic mass is 16.5. The first-order chi connectivity index (χ1) is 5.72. The van der Waals surface area contributed by atoms with Crippen molar-refractivity contribution >= 4 is 5.97 Å². The molecule has 1 aromatic rings. The largest absolute Gasteiger partial charge is 0.425 e. The van der Waals surface area contributed by atoms with Gasteiger partial charge in [0.05, 0.1) is 6.54 Å². The summed E-state index contributed by atoms with van der Waals surface area (Å²) in [7, 11) is 0. The van der Waals surface area contributed by atoms with Crippen LogP contribution in [0.4, 0.5) is 0 Å². The van der Waals surface area contributed by atoms with Gasteiger partial charge in [0.1, 0.15) is 5.75 Å². The Morgan fingerprint density at radius 3 is 2.92 bits per heavy atom. The molecule has 0 unspecified atom stereocenters. The smallest absolute Gasteiger partial charge is 0.325 e. The molecule has 0 heterocycles. The maximum absolute atomic E-state index is 10.7. The van der Waals surface area contributed by atoms with Gasteiger partial charge in [-0.2, -0.15) is 0 Å². The summed E-state index contributed by atoms with van der Waals surface area (Å²) in [4.78, 5) is 10.7. The van der Waals surface area contributed by atoms with Gasteiger partial charge in [0.2, 0.25) is 0 Å². The monoisotopic (exact) mass is 164 g/mol. The average Bonchev–Trinajstić information content (AvgIpc) is 2.09. The van der Waals surface area contributed by atoms with Crippen LogP contribution in [0.25, 0.3) is 0 Å². The van der Waals surface area contributed by atoms with E-state index in [4.69, 9.17) is 10.5 Å². The second-order valence-electron chi connectivity index (χ2n) is 2.41. The summed E-state index contributed by atoms with van der Waals surface area (Å²) in [5.41, 5.74) is 6.13. The van der Waals surface area contributed by atoms with E-state index in [9.17, 15) is 4.79 Å². The van der Waals surface area contributed by atoms with E-state index in [1.54, 1.807) is 12.1 Å². The predicted molar refractivity (Wildman–Crippen MR) is 44.7 cm³/mol. The lowest BCUT2D eigenvalue weighted by Crippen LogP contribution is -2.19. The number of nitrogens with two attached hydrogens (primary N) is 1. The van der Waals surface area contributed by atoms with Gasteiger partial charge in [-0.3, -0.25) is 4.79 Å². The number of ether oxygens (including phenoxy) is 1. The third kappa shape index (κ3) is 2.36. The summed E-state index contributed by atoms with van der Waals surface area (Å²) >= 11 is 0. The van der Waals surface area contributed by atoms with Crippen LogP contribution in [-0.2, 0) is 4.79 Å². The van der Waals surface area contributed by atoms with Crippen molar-refractivity contribution in [2.24, 2.45) is 5.73 Å². The van der Waals surface area contributed by atoms with E-state index in [0.29, 0.717) is 5.75 Å². The average molecular weight is 164 g/mol. The van der Waals surface area contributed by atoms with E-state index in [2.05, 4.69) is 6.07 Å². The molecule has 1 aromatic carbocycles. The molecule has 3 heteroatoms. The first-order valence-corrected chi connectivity index (χ1v) is 3.61. The Hall–Kier alpha value is -1.35. The van der Waals surface area contributed by atoms with Crippen molar-refractivity contribution in [2.75, 3.05) is 6.54 Å². The second-order valence-corrected chi connectivity index (χ2v) is 2.41. The third-order valence-corrected chi connectivity index (χ3v) is 1.33. The highest BCUT2D eigenvalue weighted by Gasteiger charge is 2.00. The molecule has 0 amide bonds. The van der Waals surface area contributed by atoms with Crippen molar-refractivity contribution in [2.45, 2.75) is 6.92 Å². The maximum Gasteiger partial charge on any atom is 0.325 e. The molecule has 0 aliphatic heterocycles. The van der Waals surface area contributed by atoms with Crippen LogP contribution in [0.5, 0.6) is 5.75 Å². The van der Waals surface area contributed by atoms with E-state index in [1.165, 1.54) is 0 Å². The first-order valence-electron chi connectivity index (χ1n) is 3.61. The van der Waals surface area contributed by atoms with E-state index < -0.39 is 5.97 Å². The molecular formula is C9H10NO2. The molecule has 0 aliphatic rings. The second kappa shape index (κ2) is 3.88. The molecule has 2 N–H and O–H groups in total. The molecule has 0 aliphatic carbocycles. The topological polar surface area (TPSA) is 52.3 Å². The summed E-state index contributed by atoms with van der Waals surface area (Å²) in [6.45, 7) is 1.83. The molecule has 3 nitrogen and oxygen atoms in total. The van der Waals surface area contributed by atoms with E-state index >= 15 is 0 Å². The van der Waals surface area contributed by atoms with Gasteiger partial charge in [0, 0.05) is 6.07 Å². The van der Waals surface area contributed by atoms with Crippen LogP contribution in [0.2, 0.25) is 0 Å². The summed E-state index contributed by atoms with van der Waals surface area (Å²) in [6.07, 6.45) is 0. The van der Waals surface area contributed by atoms with Gasteiger partial charge in [-0.25, -0.2) is 0 Å². The zero-order chi connectivity index (χ0) is 8.97. The fourth-order valence-corrected chi connectivity index (χ4v) is 0.716. The van der Waals surface area contributed by atoms with Crippen LogP contribution in [0, 0.1) is 13.0 Å². The normalized spacial score (nSPS) is 9.50. The number of benzene rings is 1. The zero-order valence-corrected chi connectivity index (χ0v) is 6.83. The van der Waals surface area contributed by atoms with E-state index in [1.807, 2.05) is 13.0 Å². The van der Waals surface area contributed by atoms with Crippen LogP contribution in [0.1, 0.15) is 5.56 Å². The van der Waals surface area contributed by atoms with Crippen molar-refractivity contribution in [1.29, 1.82) is 0 Å². The van der Waals surface area contributed by atoms with Gasteiger partial charge in [-0.05, 0) is 19.1 Å². The summed E-state index contributed by atoms with van der Waals surface area (Å²) in [6, 6.07) is 8.08. The lowest BCUT2D eigenvalue weighted by molar-refractivity contribution is -0.132. The van der Waals surface area contributed by atoms with Crippen molar-refractivity contribution in [3.05, 3.63) is 29.8 Å². The molecule has 1 rings (SSSR count). The van der Waals surface area contributed by atoms with Crippen LogP contribution >= 0.6 is 0 Å². The Kier molecular flexibility index (Phi) is 2.82. The molecule has 0 atom stereocenters. The molecule has 12 heavy (non-hydrogen) atoms. The SMILES string of the molecule is Cc1c[c]c(OC(=O)CN)cc1. The van der Waals surface area contributed by atoms with Gasteiger partial charge >= 0.3 is 5.97 Å². The highest BCUT2D eigenvalue weighted by Crippen LogP contribution is 2.09. The standard InChI is InChI=1S/C9H10NO2/c1-7-2-4-8(5-3-7)12-9(11)6-10/h2-4H,6,10H2,1H3. The highest BCUT2D eigenvalue weighted by molar-refractivity contribution is 5.74. The van der Waals surface area contributed by atoms with Crippen LogP contribution in [-0.4, -0.2) is 12.5 Å². The van der Waals surface area contributed by atoms with Gasteiger partial charge in [0.15, 0.2) is 0 Å². The van der Waals surface area contributed by atoms with Gasteiger partial charge < -0.3 is 10.5 Å². The molecule has 0 saturated carbocycles. The Balaban J connectivity index is 2.64. The fraction of sp³-hybridized carbons (Fsp3) is 0.222. The number of esters is 1. The number of carbonyl (C=O) groups excluding carboxylic acids is 1. The lowest BCUT2D eigenvalue weighted by Gasteiger charge is -2.00. The zero-order valence-electron chi connectivity index (χ0n) is 6.83. The number of rotatable bonds is 2. The van der Waals surface area contributed by atoms with E-state index in [-0.39, 0.29) is 6.54 Å². The number of hydrogen-bond acceptors (Lipinski definition) is 3. The van der Waals surface area contributed by atoms with E-state index in [0.717, 1.165) is 5.56 Å². The van der Waals surface area contributed by atoms with Crippen molar-refractivity contribution in [1.82, 2.24) is 0 Å². The number of carbonyl (C=O) groups is 1. The van der Waals surface area contributed by atoms with Gasteiger partial charge in [0.25, 0.3) is 0 Å². The summed E-state index contributed by atoms with van der Waals surface area (Å²) in [5.74, 6) is -0.0360. The van der Waals surface area contributed by atoms with Gasteiger partial charge in [-0.15, -0.1) is 0 Å². The third-order valence-electron chi connectivity index (χ3n) is 1.33. The van der Waals surface area contributed by atoms with Crippen molar-refractivity contribution < 1.29 is 9.53 Å². The van der Waals surface area contributed by atoms with Crippen molar-refractivity contribution in [3.63, 3.8) is 0 Å². The minimum atomic E-state index is -0.449. The Morgan fingerprint density at radius 2 is 2.42 bits per heavy atom. The molecular weight excluding hydrogens is 154 g/mol. The molecule has 0 aromatic heterocycles. The molecule has 1 radical (unpaired) electrons. The minimum absolute atomic E-state index is 0.109. The van der Waals surface area contributed by atoms with Crippen LogP contribution in [0.15, 0.2) is 18.2 Å². The summed E-state index contributed by atoms with van der Waals surface area (Å²) < 4.78 is 4.80. The van der Waals surface area contributed by atoms with Crippen LogP contribution in [0.3, 0.4) is 0 Å². The number of aryl methyl sites for hydroxylation is 1. The first kappa shape index (κ1) is 8.74. The lowest BCUT2D eigenvalue weighted by atomic mass is 10.2. The quantitative estimate of drug-likeness (QED) is 0.516. The Morgan fingerprint density at radius 1 is 1.67 bits per heavy atom. The molecule has 0 saturated heterocycles. The number of hydrogen-bond donors (Lipinski definition) is 1. The van der Waals surface area contributed by atoms with Gasteiger partial charge in [-0.1, -0.05) is 11.6 Å². The maximum atomic E-state index is 10.7. The Labute approximate surface area is 71.1 Å².